The molecule has 0 rings (SSSR count). The topological polar surface area (TPSA) is 29.5 Å². The first kappa shape index (κ1) is 16.7. The Hall–Kier alpha value is 0.700. The van der Waals surface area contributed by atoms with E-state index >= 15 is 0 Å². The van der Waals surface area contributed by atoms with Crippen LogP contribution in [0.1, 0.15) is 65.2 Å². The van der Waals surface area contributed by atoms with Gasteiger partial charge in [0, 0.05) is 5.75 Å². The molecule has 0 amide bonds. The Morgan fingerprint density at radius 2 is 1.56 bits per heavy atom. The maximum atomic E-state index is 9.56. The van der Waals surface area contributed by atoms with Crippen molar-refractivity contribution in [2.45, 2.75) is 65.2 Å². The predicted molar refractivity (Wildman–Crippen MR) is 75.8 cm³/mol. The summed E-state index contributed by atoms with van der Waals surface area (Å²) in [5, 5.41) is 0. The third kappa shape index (κ3) is 12.8. The maximum Gasteiger partial charge on any atom is 0.235 e. The van der Waals surface area contributed by atoms with Crippen LogP contribution in [0.25, 0.3) is 0 Å². The third-order valence-electron chi connectivity index (χ3n) is 2.40. The average molecular weight is 266 g/mol. The van der Waals surface area contributed by atoms with Crippen molar-refractivity contribution in [1.29, 1.82) is 0 Å². The molecule has 1 unspecified atom stereocenters. The fourth-order valence-electron chi connectivity index (χ4n) is 1.38. The molecule has 0 heterocycles. The largest absolute Gasteiger partial charge is 0.342 e. The van der Waals surface area contributed by atoms with E-state index in [-0.39, 0.29) is 0 Å². The van der Waals surface area contributed by atoms with E-state index in [0.717, 1.165) is 18.8 Å². The lowest BCUT2D eigenvalue weighted by atomic mass is 10.2. The minimum absolute atomic E-state index is 0.721. The number of unbranched alkanes of at least 4 members (excludes halogenated alkanes) is 6. The first-order valence-corrected chi connectivity index (χ1v) is 9.36. The van der Waals surface area contributed by atoms with Crippen molar-refractivity contribution in [2.24, 2.45) is 0 Å². The van der Waals surface area contributed by atoms with Gasteiger partial charge in [0.25, 0.3) is 0 Å². The van der Waals surface area contributed by atoms with E-state index in [4.69, 9.17) is 4.52 Å². The lowest BCUT2D eigenvalue weighted by molar-refractivity contribution is 0.311. The lowest BCUT2D eigenvalue weighted by Crippen LogP contribution is -1.88. The second kappa shape index (κ2) is 13.8. The maximum absolute atomic E-state index is 9.56. The summed E-state index contributed by atoms with van der Waals surface area (Å²) >= 11 is 1.59. The highest BCUT2D eigenvalue weighted by Crippen LogP contribution is 2.47. The van der Waals surface area contributed by atoms with E-state index in [2.05, 4.69) is 13.8 Å². The van der Waals surface area contributed by atoms with Gasteiger partial charge in [-0.1, -0.05) is 63.8 Å². The third-order valence-corrected chi connectivity index (χ3v) is 5.02. The number of hydrogen-bond acceptors (Lipinski definition) is 3. The van der Waals surface area contributed by atoms with Crippen molar-refractivity contribution >= 4 is 19.0 Å². The van der Waals surface area contributed by atoms with Crippen LogP contribution in [0.3, 0.4) is 0 Å². The summed E-state index contributed by atoms with van der Waals surface area (Å²) in [4.78, 5) is 9.56. The molecule has 0 aromatic carbocycles. The van der Waals surface area contributed by atoms with Crippen LogP contribution in [-0.4, -0.2) is 17.3 Å². The molecule has 0 aliphatic rings. The van der Waals surface area contributed by atoms with Crippen molar-refractivity contribution < 1.29 is 9.42 Å². The molecular weight excluding hydrogens is 239 g/mol. The summed E-state index contributed by atoms with van der Waals surface area (Å²) in [5.74, 6) is 1.04. The van der Waals surface area contributed by atoms with Crippen molar-refractivity contribution in [1.82, 2.24) is 0 Å². The van der Waals surface area contributed by atoms with Gasteiger partial charge in [-0.3, -0.25) is 0 Å². The van der Waals surface area contributed by atoms with Gasteiger partial charge in [0.05, 0.1) is 6.61 Å². The van der Waals surface area contributed by atoms with Crippen molar-refractivity contribution in [3.63, 3.8) is 0 Å². The van der Waals surface area contributed by atoms with Gasteiger partial charge < -0.3 is 9.42 Å². The molecule has 4 heteroatoms. The molecule has 0 radical (unpaired) electrons. The smallest absolute Gasteiger partial charge is 0.235 e. The highest BCUT2D eigenvalue weighted by Gasteiger charge is 2.04. The summed E-state index contributed by atoms with van der Waals surface area (Å²) in [5.41, 5.74) is 0. The summed E-state index contributed by atoms with van der Waals surface area (Å²) in [6.07, 6.45) is 9.95. The van der Waals surface area contributed by atoms with Gasteiger partial charge in [-0.05, 0) is 12.8 Å². The van der Waals surface area contributed by atoms with Gasteiger partial charge in [0.2, 0.25) is 7.58 Å². The van der Waals surface area contributed by atoms with Crippen LogP contribution in [0.4, 0.5) is 0 Å². The van der Waals surface area contributed by atoms with Crippen LogP contribution in [0.5, 0.6) is 0 Å². The molecule has 2 nitrogen and oxygen atoms in total. The summed E-state index contributed by atoms with van der Waals surface area (Å²) in [7, 11) is -1.21. The fraction of sp³-hybridized carbons (Fsp3) is 1.00. The van der Waals surface area contributed by atoms with Gasteiger partial charge in [-0.25, -0.2) is 0 Å². The molecule has 0 fully saturated rings. The number of rotatable bonds is 12. The fourth-order valence-corrected chi connectivity index (χ4v) is 3.53. The monoisotopic (exact) mass is 266 g/mol. The van der Waals surface area contributed by atoms with Crippen LogP contribution in [0.2, 0.25) is 0 Å². The molecule has 1 N–H and O–H groups in total. The quantitative estimate of drug-likeness (QED) is 0.393. The van der Waals surface area contributed by atoms with E-state index < -0.39 is 7.58 Å². The van der Waals surface area contributed by atoms with E-state index in [1.54, 1.807) is 11.4 Å². The Labute approximate surface area is 106 Å². The Kier molecular flexibility index (Phi) is 14.4. The predicted octanol–water partition coefficient (Wildman–Crippen LogP) is 5.12. The lowest BCUT2D eigenvalue weighted by Gasteiger charge is -2.09. The highest BCUT2D eigenvalue weighted by molar-refractivity contribution is 8.52. The molecule has 0 spiro atoms. The van der Waals surface area contributed by atoms with Crippen LogP contribution in [0, 0.1) is 0 Å². The minimum Gasteiger partial charge on any atom is -0.342 e. The zero-order valence-electron chi connectivity index (χ0n) is 10.8. The molecular formula is C12H27O2PS. The van der Waals surface area contributed by atoms with Crippen molar-refractivity contribution in [2.75, 3.05) is 12.4 Å². The Bertz CT molecular complexity index is 136. The molecule has 0 aliphatic carbocycles. The van der Waals surface area contributed by atoms with Gasteiger partial charge in [0.1, 0.15) is 0 Å². The van der Waals surface area contributed by atoms with E-state index in [0.29, 0.717) is 0 Å². The van der Waals surface area contributed by atoms with Crippen LogP contribution in [-0.2, 0) is 4.52 Å². The molecule has 0 aliphatic heterocycles. The van der Waals surface area contributed by atoms with Gasteiger partial charge >= 0.3 is 0 Å². The first-order chi connectivity index (χ1) is 7.81. The van der Waals surface area contributed by atoms with E-state index in [9.17, 15) is 4.89 Å². The second-order valence-electron chi connectivity index (χ2n) is 4.03. The molecule has 0 aromatic rings. The standard InChI is InChI=1S/C12H27O2PS/c1-3-5-7-8-10-12-16-15(13)14-11-9-6-4-2/h13H,3-12H2,1-2H3. The van der Waals surface area contributed by atoms with Crippen LogP contribution < -0.4 is 0 Å². The first-order valence-electron chi connectivity index (χ1n) is 6.56. The van der Waals surface area contributed by atoms with Crippen LogP contribution >= 0.6 is 19.0 Å². The molecule has 16 heavy (non-hydrogen) atoms. The Balaban J connectivity index is 3.08. The average Bonchev–Trinajstić information content (AvgIpc) is 2.29. The summed E-state index contributed by atoms with van der Waals surface area (Å²) in [6.45, 7) is 5.12. The van der Waals surface area contributed by atoms with Gasteiger partial charge in [-0.2, -0.15) is 0 Å². The number of hydrogen-bond donors (Lipinski definition) is 1. The summed E-state index contributed by atoms with van der Waals surface area (Å²) < 4.78 is 5.36. The van der Waals surface area contributed by atoms with Crippen molar-refractivity contribution in [3.8, 4) is 0 Å². The molecule has 0 saturated carbocycles. The van der Waals surface area contributed by atoms with Crippen molar-refractivity contribution in [3.05, 3.63) is 0 Å². The normalized spacial score (nSPS) is 12.9. The molecule has 0 aromatic heterocycles. The van der Waals surface area contributed by atoms with Gasteiger partial charge in [0.15, 0.2) is 0 Å². The minimum atomic E-state index is -1.21. The molecule has 0 saturated heterocycles. The Morgan fingerprint density at radius 1 is 0.938 bits per heavy atom. The highest BCUT2D eigenvalue weighted by atomic mass is 32.7. The zero-order valence-corrected chi connectivity index (χ0v) is 12.5. The molecule has 0 bridgehead atoms. The zero-order chi connectivity index (χ0) is 12.1. The molecule has 98 valence electrons. The molecule has 1 atom stereocenters. The van der Waals surface area contributed by atoms with E-state index in [1.165, 1.54) is 44.9 Å². The van der Waals surface area contributed by atoms with Crippen LogP contribution in [0.15, 0.2) is 0 Å². The summed E-state index contributed by atoms with van der Waals surface area (Å²) in [6, 6.07) is 0. The second-order valence-corrected chi connectivity index (χ2v) is 7.14. The van der Waals surface area contributed by atoms with Gasteiger partial charge in [-0.15, -0.1) is 0 Å². The Morgan fingerprint density at radius 3 is 2.25 bits per heavy atom. The SMILES string of the molecule is CCCCCCCSP(O)OCCCCC. The van der Waals surface area contributed by atoms with E-state index in [1.807, 2.05) is 0 Å².